The summed E-state index contributed by atoms with van der Waals surface area (Å²) in [6.45, 7) is 3.95. The van der Waals surface area contributed by atoms with E-state index in [4.69, 9.17) is 9.26 Å². The largest absolute Gasteiger partial charge is 0.371 e. The van der Waals surface area contributed by atoms with Gasteiger partial charge in [0.05, 0.1) is 0 Å². The van der Waals surface area contributed by atoms with Gasteiger partial charge in [-0.1, -0.05) is 11.2 Å². The number of aryl methyl sites for hydroxylation is 2. The highest BCUT2D eigenvalue weighted by Crippen LogP contribution is 2.29. The van der Waals surface area contributed by atoms with Crippen molar-refractivity contribution in [2.45, 2.75) is 63.5 Å². The zero-order valence-corrected chi connectivity index (χ0v) is 16.5. The van der Waals surface area contributed by atoms with E-state index >= 15 is 0 Å². The second-order valence-corrected chi connectivity index (χ2v) is 8.32. The minimum absolute atomic E-state index is 0.0118. The van der Waals surface area contributed by atoms with Gasteiger partial charge in [-0.3, -0.25) is 0 Å². The smallest absolute Gasteiger partial charge is 0.255 e. The predicted octanol–water partition coefficient (Wildman–Crippen LogP) is 3.21. The van der Waals surface area contributed by atoms with E-state index in [1.165, 1.54) is 37.8 Å². The number of benzene rings is 1. The summed E-state index contributed by atoms with van der Waals surface area (Å²) in [6.07, 6.45) is 9.09. The second-order valence-electron chi connectivity index (χ2n) is 8.32. The fourth-order valence-electron chi connectivity index (χ4n) is 4.76. The minimum atomic E-state index is 0.0118. The average Bonchev–Trinajstić information content (AvgIpc) is 3.48. The molecule has 0 amide bonds. The number of piperidine rings is 1. The average molecular weight is 383 g/mol. The van der Waals surface area contributed by atoms with E-state index in [1.807, 2.05) is 0 Å². The van der Waals surface area contributed by atoms with E-state index in [9.17, 15) is 0 Å². The zero-order chi connectivity index (χ0) is 18.8. The van der Waals surface area contributed by atoms with Crippen LogP contribution >= 0.6 is 0 Å². The number of hydrogen-bond acceptors (Lipinski definition) is 6. The van der Waals surface area contributed by atoms with Gasteiger partial charge in [-0.15, -0.1) is 0 Å². The molecule has 2 aromatic rings. The van der Waals surface area contributed by atoms with E-state index in [0.717, 1.165) is 51.3 Å². The van der Waals surface area contributed by atoms with Gasteiger partial charge in [-0.2, -0.15) is 4.98 Å². The number of ether oxygens (including phenoxy) is 1. The van der Waals surface area contributed by atoms with Crippen molar-refractivity contribution in [1.29, 1.82) is 0 Å². The number of fused-ring (bicyclic) bond motifs is 1. The SMILES string of the molecule is c1cc2c(cc1N1CCC(NCCc3noc(C4CCCO4)n3)CC1)CCC2. The molecule has 1 unspecified atom stereocenters. The minimum Gasteiger partial charge on any atom is -0.371 e. The molecule has 28 heavy (non-hydrogen) atoms. The molecule has 6 nitrogen and oxygen atoms in total. The Morgan fingerprint density at radius 3 is 2.82 bits per heavy atom. The quantitative estimate of drug-likeness (QED) is 0.828. The van der Waals surface area contributed by atoms with Crippen LogP contribution in [-0.2, 0) is 24.0 Å². The molecule has 2 fully saturated rings. The maximum atomic E-state index is 5.61. The van der Waals surface area contributed by atoms with Crippen LogP contribution in [0.15, 0.2) is 22.7 Å². The van der Waals surface area contributed by atoms with Crippen LogP contribution in [-0.4, -0.2) is 42.4 Å². The van der Waals surface area contributed by atoms with Crippen molar-refractivity contribution in [3.63, 3.8) is 0 Å². The summed E-state index contributed by atoms with van der Waals surface area (Å²) in [4.78, 5) is 7.05. The molecule has 3 aliphatic rings. The van der Waals surface area contributed by atoms with E-state index < -0.39 is 0 Å². The summed E-state index contributed by atoms with van der Waals surface area (Å²) < 4.78 is 11.0. The van der Waals surface area contributed by atoms with Crippen molar-refractivity contribution in [1.82, 2.24) is 15.5 Å². The van der Waals surface area contributed by atoms with Crippen LogP contribution in [0.25, 0.3) is 0 Å². The molecule has 150 valence electrons. The zero-order valence-electron chi connectivity index (χ0n) is 16.5. The van der Waals surface area contributed by atoms with Crippen molar-refractivity contribution in [3.8, 4) is 0 Å². The maximum absolute atomic E-state index is 5.61. The molecular weight excluding hydrogens is 352 g/mol. The molecule has 2 saturated heterocycles. The summed E-state index contributed by atoms with van der Waals surface area (Å²) >= 11 is 0. The maximum Gasteiger partial charge on any atom is 0.255 e. The summed E-state index contributed by atoms with van der Waals surface area (Å²) in [6, 6.07) is 7.67. The van der Waals surface area contributed by atoms with E-state index in [2.05, 4.69) is 38.6 Å². The van der Waals surface area contributed by atoms with Gasteiger partial charge in [-0.05, 0) is 68.2 Å². The lowest BCUT2D eigenvalue weighted by atomic mass is 10.0. The lowest BCUT2D eigenvalue weighted by Crippen LogP contribution is -2.43. The molecule has 1 aromatic carbocycles. The molecule has 0 bridgehead atoms. The predicted molar refractivity (Wildman–Crippen MR) is 108 cm³/mol. The molecule has 6 heteroatoms. The standard InChI is InChI=1S/C22H30N4O2/c1-3-16-6-7-19(15-17(16)4-1)26-12-9-18(10-13-26)23-11-8-21-24-22(28-25-21)20-5-2-14-27-20/h6-7,15,18,20,23H,1-5,8-14H2. The highest BCUT2D eigenvalue weighted by atomic mass is 16.5. The van der Waals surface area contributed by atoms with Gasteiger partial charge in [0.25, 0.3) is 5.89 Å². The first-order valence-corrected chi connectivity index (χ1v) is 10.9. The van der Waals surface area contributed by atoms with Crippen LogP contribution in [0.3, 0.4) is 0 Å². The number of rotatable bonds is 6. The summed E-state index contributed by atoms with van der Waals surface area (Å²) in [5.41, 5.74) is 4.54. The van der Waals surface area contributed by atoms with Gasteiger partial charge in [0, 0.05) is 44.4 Å². The van der Waals surface area contributed by atoms with Crippen LogP contribution in [0.5, 0.6) is 0 Å². The van der Waals surface area contributed by atoms with Crippen LogP contribution in [0.2, 0.25) is 0 Å². The molecule has 1 atom stereocenters. The lowest BCUT2D eigenvalue weighted by Gasteiger charge is -2.34. The molecule has 0 radical (unpaired) electrons. The molecule has 3 heterocycles. The van der Waals surface area contributed by atoms with Gasteiger partial charge in [0.2, 0.25) is 0 Å². The van der Waals surface area contributed by atoms with Gasteiger partial charge < -0.3 is 19.5 Å². The molecule has 1 N–H and O–H groups in total. The summed E-state index contributed by atoms with van der Waals surface area (Å²) in [7, 11) is 0. The van der Waals surface area contributed by atoms with Gasteiger partial charge >= 0.3 is 0 Å². The molecule has 1 aromatic heterocycles. The highest BCUT2D eigenvalue weighted by Gasteiger charge is 2.24. The molecule has 2 aliphatic heterocycles. The lowest BCUT2D eigenvalue weighted by molar-refractivity contribution is 0.0835. The molecule has 0 saturated carbocycles. The van der Waals surface area contributed by atoms with Gasteiger partial charge in [0.1, 0.15) is 6.10 Å². The molecular formula is C22H30N4O2. The number of hydrogen-bond donors (Lipinski definition) is 1. The summed E-state index contributed by atoms with van der Waals surface area (Å²) in [5, 5.41) is 7.79. The first-order valence-electron chi connectivity index (χ1n) is 10.9. The Kier molecular flexibility index (Phi) is 5.32. The molecule has 1 aliphatic carbocycles. The molecule has 5 rings (SSSR count). The Balaban J connectivity index is 1.06. The van der Waals surface area contributed by atoms with Crippen LogP contribution in [0.4, 0.5) is 5.69 Å². The second kappa shape index (κ2) is 8.21. The number of nitrogens with one attached hydrogen (secondary N) is 1. The highest BCUT2D eigenvalue weighted by molar-refractivity contribution is 5.52. The van der Waals surface area contributed by atoms with Crippen LogP contribution < -0.4 is 10.2 Å². The first-order chi connectivity index (χ1) is 13.8. The third kappa shape index (κ3) is 3.94. The van der Waals surface area contributed by atoms with Crippen LogP contribution in [0.1, 0.15) is 61.1 Å². The number of aromatic nitrogens is 2. The number of nitrogens with zero attached hydrogens (tertiary/aromatic N) is 3. The van der Waals surface area contributed by atoms with E-state index in [-0.39, 0.29) is 6.10 Å². The topological polar surface area (TPSA) is 63.4 Å². The Hall–Kier alpha value is -1.92. The van der Waals surface area contributed by atoms with Crippen molar-refractivity contribution >= 4 is 5.69 Å². The monoisotopic (exact) mass is 382 g/mol. The van der Waals surface area contributed by atoms with Gasteiger partial charge in [-0.25, -0.2) is 0 Å². The molecule has 0 spiro atoms. The van der Waals surface area contributed by atoms with E-state index in [1.54, 1.807) is 11.1 Å². The van der Waals surface area contributed by atoms with Crippen LogP contribution in [0, 0.1) is 0 Å². The third-order valence-electron chi connectivity index (χ3n) is 6.41. The number of anilines is 1. The first kappa shape index (κ1) is 18.1. The van der Waals surface area contributed by atoms with Crippen molar-refractivity contribution < 1.29 is 9.26 Å². The van der Waals surface area contributed by atoms with Crippen molar-refractivity contribution in [3.05, 3.63) is 41.0 Å². The van der Waals surface area contributed by atoms with Crippen molar-refractivity contribution in [2.24, 2.45) is 0 Å². The third-order valence-corrected chi connectivity index (χ3v) is 6.41. The normalized spacial score (nSPS) is 22.7. The van der Waals surface area contributed by atoms with Crippen molar-refractivity contribution in [2.75, 3.05) is 31.1 Å². The van der Waals surface area contributed by atoms with E-state index in [0.29, 0.717) is 11.9 Å². The Bertz CT molecular complexity index is 792. The fraction of sp³-hybridized carbons (Fsp3) is 0.636. The Morgan fingerprint density at radius 1 is 1.07 bits per heavy atom. The fourth-order valence-corrected chi connectivity index (χ4v) is 4.76. The Labute approximate surface area is 166 Å². The Morgan fingerprint density at radius 2 is 1.96 bits per heavy atom. The van der Waals surface area contributed by atoms with Gasteiger partial charge in [0.15, 0.2) is 5.82 Å². The summed E-state index contributed by atoms with van der Waals surface area (Å²) in [5.74, 6) is 1.43.